The highest BCUT2D eigenvalue weighted by molar-refractivity contribution is 5.71. The third-order valence-corrected chi connectivity index (χ3v) is 4.13. The van der Waals surface area contributed by atoms with E-state index in [2.05, 4.69) is 9.72 Å². The van der Waals surface area contributed by atoms with Crippen LogP contribution in [0, 0.1) is 20.8 Å². The van der Waals surface area contributed by atoms with Crippen LogP contribution in [-0.2, 0) is 16.1 Å². The van der Waals surface area contributed by atoms with Crippen molar-refractivity contribution < 1.29 is 18.7 Å². The van der Waals surface area contributed by atoms with Gasteiger partial charge in [-0.15, -0.1) is 0 Å². The van der Waals surface area contributed by atoms with Crippen LogP contribution in [0.15, 0.2) is 16.5 Å². The van der Waals surface area contributed by atoms with E-state index >= 15 is 0 Å². The minimum Gasteiger partial charge on any atom is -0.496 e. The minimum absolute atomic E-state index is 0.207. The number of hydrogen-bond acceptors (Lipinski definition) is 6. The van der Waals surface area contributed by atoms with Crippen molar-refractivity contribution in [3.05, 3.63) is 34.7 Å². The number of carbonyl (C=O) groups excluding carboxylic acids is 1. The van der Waals surface area contributed by atoms with Gasteiger partial charge < -0.3 is 13.9 Å². The Morgan fingerprint density at radius 2 is 1.92 bits per heavy atom. The molecule has 0 amide bonds. The third kappa shape index (κ3) is 3.76. The summed E-state index contributed by atoms with van der Waals surface area (Å²) in [6.45, 7) is 6.63. The maximum Gasteiger partial charge on any atom is 0.319 e. The van der Waals surface area contributed by atoms with E-state index < -0.39 is 0 Å². The Hall–Kier alpha value is -2.34. The van der Waals surface area contributed by atoms with Crippen LogP contribution in [0.25, 0.3) is 11.5 Å². The number of likely N-dealkylation sites (N-methyl/N-ethyl adjacent to an activating group) is 1. The van der Waals surface area contributed by atoms with Gasteiger partial charge in [-0.3, -0.25) is 9.69 Å². The number of carbonyl (C=O) groups is 1. The Morgan fingerprint density at radius 3 is 2.54 bits per heavy atom. The van der Waals surface area contributed by atoms with E-state index in [1.807, 2.05) is 44.9 Å². The smallest absolute Gasteiger partial charge is 0.319 e. The molecule has 6 nitrogen and oxygen atoms in total. The van der Waals surface area contributed by atoms with E-state index in [1.165, 1.54) is 7.11 Å². The van der Waals surface area contributed by atoms with Crippen molar-refractivity contribution >= 4 is 5.97 Å². The Bertz CT molecular complexity index is 737. The molecule has 0 saturated heterocycles. The maximum atomic E-state index is 11.3. The van der Waals surface area contributed by atoms with Gasteiger partial charge in [0, 0.05) is 12.1 Å². The average Bonchev–Trinajstić information content (AvgIpc) is 2.90. The molecule has 1 heterocycles. The molecular weight excluding hydrogens is 308 g/mol. The van der Waals surface area contributed by atoms with Crippen LogP contribution < -0.4 is 4.74 Å². The van der Waals surface area contributed by atoms with Crippen molar-refractivity contribution in [3.63, 3.8) is 0 Å². The number of nitrogens with zero attached hydrogens (tertiary/aromatic N) is 2. The van der Waals surface area contributed by atoms with Crippen LogP contribution >= 0.6 is 0 Å². The van der Waals surface area contributed by atoms with Crippen LogP contribution in [0.1, 0.15) is 22.6 Å². The molecule has 130 valence electrons. The zero-order valence-corrected chi connectivity index (χ0v) is 15.1. The fourth-order valence-corrected chi connectivity index (χ4v) is 2.54. The highest BCUT2D eigenvalue weighted by Crippen LogP contribution is 2.31. The second-order valence-electron chi connectivity index (χ2n) is 5.84. The molecule has 6 heteroatoms. The molecule has 0 atom stereocenters. The van der Waals surface area contributed by atoms with Crippen molar-refractivity contribution in [1.29, 1.82) is 0 Å². The lowest BCUT2D eigenvalue weighted by atomic mass is 10.0. The van der Waals surface area contributed by atoms with Crippen molar-refractivity contribution in [3.8, 4) is 17.2 Å². The highest BCUT2D eigenvalue weighted by atomic mass is 16.5. The lowest BCUT2D eigenvalue weighted by Crippen LogP contribution is -2.26. The molecule has 2 rings (SSSR count). The third-order valence-electron chi connectivity index (χ3n) is 4.13. The van der Waals surface area contributed by atoms with Crippen LogP contribution in [0.2, 0.25) is 0 Å². The number of benzene rings is 1. The number of esters is 1. The topological polar surface area (TPSA) is 64.8 Å². The summed E-state index contributed by atoms with van der Waals surface area (Å²) in [5.74, 6) is 1.89. The quantitative estimate of drug-likeness (QED) is 0.758. The van der Waals surface area contributed by atoms with Gasteiger partial charge in [-0.05, 0) is 51.1 Å². The molecule has 0 unspecified atom stereocenters. The Kier molecular flexibility index (Phi) is 5.62. The first-order chi connectivity index (χ1) is 11.4. The van der Waals surface area contributed by atoms with Crippen molar-refractivity contribution in [2.24, 2.45) is 0 Å². The first kappa shape index (κ1) is 18.0. The summed E-state index contributed by atoms with van der Waals surface area (Å²) < 4.78 is 15.9. The van der Waals surface area contributed by atoms with Gasteiger partial charge in [0.15, 0.2) is 0 Å². The lowest BCUT2D eigenvalue weighted by Gasteiger charge is -2.13. The highest BCUT2D eigenvalue weighted by Gasteiger charge is 2.17. The fourth-order valence-electron chi connectivity index (χ4n) is 2.54. The molecule has 0 aliphatic heterocycles. The molecule has 0 aliphatic rings. The number of aromatic nitrogens is 1. The van der Waals surface area contributed by atoms with Crippen LogP contribution in [0.4, 0.5) is 0 Å². The first-order valence-corrected chi connectivity index (χ1v) is 7.73. The van der Waals surface area contributed by atoms with Crippen LogP contribution in [-0.4, -0.2) is 43.7 Å². The van der Waals surface area contributed by atoms with E-state index in [0.29, 0.717) is 12.4 Å². The standard InChI is InChI=1S/C18H24N2O4/c1-11-12(2)16(22-5)8-7-14(11)18-19-15(13(3)24-18)9-20(4)10-17(21)23-6/h7-8H,9-10H2,1-6H3. The summed E-state index contributed by atoms with van der Waals surface area (Å²) in [6, 6.07) is 3.87. The molecule has 0 N–H and O–H groups in total. The SMILES string of the molecule is COC(=O)CN(C)Cc1nc(-c2ccc(OC)c(C)c2C)oc1C. The van der Waals surface area contributed by atoms with E-state index in [9.17, 15) is 4.79 Å². The number of ether oxygens (including phenoxy) is 2. The monoisotopic (exact) mass is 332 g/mol. The molecule has 0 saturated carbocycles. The lowest BCUT2D eigenvalue weighted by molar-refractivity contribution is -0.141. The van der Waals surface area contributed by atoms with Gasteiger partial charge in [-0.25, -0.2) is 4.98 Å². The molecule has 0 bridgehead atoms. The molecule has 0 fully saturated rings. The number of aryl methyl sites for hydroxylation is 1. The summed E-state index contributed by atoms with van der Waals surface area (Å²) in [7, 11) is 4.88. The molecule has 0 radical (unpaired) electrons. The van der Waals surface area contributed by atoms with E-state index in [1.54, 1.807) is 7.11 Å². The number of hydrogen-bond donors (Lipinski definition) is 0. The minimum atomic E-state index is -0.277. The Balaban J connectivity index is 2.26. The summed E-state index contributed by atoms with van der Waals surface area (Å²) in [5.41, 5.74) is 3.89. The van der Waals surface area contributed by atoms with Gasteiger partial charge in [0.1, 0.15) is 11.5 Å². The summed E-state index contributed by atoms with van der Waals surface area (Å²) >= 11 is 0. The van der Waals surface area contributed by atoms with Crippen molar-refractivity contribution in [1.82, 2.24) is 9.88 Å². The maximum absolute atomic E-state index is 11.3. The molecule has 0 aliphatic carbocycles. The van der Waals surface area contributed by atoms with Crippen LogP contribution in [0.5, 0.6) is 5.75 Å². The molecule has 0 spiro atoms. The molecule has 1 aromatic carbocycles. The second kappa shape index (κ2) is 7.49. The largest absolute Gasteiger partial charge is 0.496 e. The first-order valence-electron chi connectivity index (χ1n) is 7.73. The van der Waals surface area contributed by atoms with Gasteiger partial charge >= 0.3 is 5.97 Å². The van der Waals surface area contributed by atoms with Gasteiger partial charge in [0.05, 0.1) is 26.5 Å². The van der Waals surface area contributed by atoms with Gasteiger partial charge in [0.2, 0.25) is 5.89 Å². The van der Waals surface area contributed by atoms with Crippen molar-refractivity contribution in [2.75, 3.05) is 27.8 Å². The van der Waals surface area contributed by atoms with E-state index in [-0.39, 0.29) is 12.5 Å². The molecular formula is C18H24N2O4. The Morgan fingerprint density at radius 1 is 1.21 bits per heavy atom. The molecule has 2 aromatic rings. The fraction of sp³-hybridized carbons (Fsp3) is 0.444. The average molecular weight is 332 g/mol. The predicted molar refractivity (Wildman–Crippen MR) is 91.1 cm³/mol. The molecule has 1 aromatic heterocycles. The summed E-state index contributed by atoms with van der Waals surface area (Å²) in [6.07, 6.45) is 0. The summed E-state index contributed by atoms with van der Waals surface area (Å²) in [5, 5.41) is 0. The number of oxazole rings is 1. The Labute approximate surface area is 142 Å². The predicted octanol–water partition coefficient (Wildman–Crippen LogP) is 2.88. The number of rotatable bonds is 6. The zero-order valence-electron chi connectivity index (χ0n) is 15.1. The van der Waals surface area contributed by atoms with Crippen LogP contribution in [0.3, 0.4) is 0 Å². The van der Waals surface area contributed by atoms with Crippen molar-refractivity contribution in [2.45, 2.75) is 27.3 Å². The summed E-state index contributed by atoms with van der Waals surface area (Å²) in [4.78, 5) is 17.8. The van der Waals surface area contributed by atoms with Gasteiger partial charge in [-0.1, -0.05) is 0 Å². The van der Waals surface area contributed by atoms with E-state index in [4.69, 9.17) is 9.15 Å². The van der Waals surface area contributed by atoms with Gasteiger partial charge in [0.25, 0.3) is 0 Å². The number of methoxy groups -OCH3 is 2. The van der Waals surface area contributed by atoms with Gasteiger partial charge in [-0.2, -0.15) is 0 Å². The molecule has 24 heavy (non-hydrogen) atoms. The zero-order chi connectivity index (χ0) is 17.9. The second-order valence-corrected chi connectivity index (χ2v) is 5.84. The van der Waals surface area contributed by atoms with E-state index in [0.717, 1.165) is 33.9 Å². The normalized spacial score (nSPS) is 11.0.